The van der Waals surface area contributed by atoms with Gasteiger partial charge in [-0.3, -0.25) is 0 Å². The molecule has 1 nitrogen and oxygen atoms in total. The molecule has 1 N–H and O–H groups in total. The minimum Gasteiger partial charge on any atom is -0.393 e. The van der Waals surface area contributed by atoms with Crippen LogP contribution < -0.4 is 0 Å². The minimum atomic E-state index is -0.0107. The van der Waals surface area contributed by atoms with Crippen LogP contribution in [0.3, 0.4) is 0 Å². The summed E-state index contributed by atoms with van der Waals surface area (Å²) in [5.41, 5.74) is 1.14. The zero-order valence-corrected chi connectivity index (χ0v) is 20.4. The molecule has 29 heavy (non-hydrogen) atoms. The lowest BCUT2D eigenvalue weighted by Crippen LogP contribution is -2.54. The third-order valence-corrected chi connectivity index (χ3v) is 11.6. The van der Waals surface area contributed by atoms with Gasteiger partial charge < -0.3 is 5.11 Å². The summed E-state index contributed by atoms with van der Waals surface area (Å²) in [5, 5.41) is 10.3. The Bertz CT molecular complexity index is 569. The van der Waals surface area contributed by atoms with Crippen LogP contribution in [-0.2, 0) is 0 Å². The van der Waals surface area contributed by atoms with E-state index in [9.17, 15) is 5.11 Å². The minimum absolute atomic E-state index is 0.0107. The van der Waals surface area contributed by atoms with Gasteiger partial charge >= 0.3 is 0 Å². The molecule has 4 rings (SSSR count). The average molecular weight is 403 g/mol. The fraction of sp³-hybridized carbons (Fsp3) is 1.00. The Kier molecular flexibility index (Phi) is 6.22. The summed E-state index contributed by atoms with van der Waals surface area (Å²) in [4.78, 5) is 0. The van der Waals surface area contributed by atoms with E-state index in [-0.39, 0.29) is 6.10 Å². The van der Waals surface area contributed by atoms with E-state index in [1.54, 1.807) is 0 Å². The largest absolute Gasteiger partial charge is 0.393 e. The molecule has 168 valence electrons. The normalized spacial score (nSPS) is 49.2. The van der Waals surface area contributed by atoms with Crippen molar-refractivity contribution in [3.8, 4) is 0 Å². The van der Waals surface area contributed by atoms with Gasteiger partial charge in [0.1, 0.15) is 0 Å². The van der Waals surface area contributed by atoms with E-state index in [1.165, 1.54) is 57.8 Å². The summed E-state index contributed by atoms with van der Waals surface area (Å²) in [6.07, 6.45) is 15.1. The Labute approximate surface area is 181 Å². The van der Waals surface area contributed by atoms with Crippen LogP contribution in [0.1, 0.15) is 112 Å². The Hall–Kier alpha value is -0.0400. The van der Waals surface area contributed by atoms with Crippen LogP contribution in [-0.4, -0.2) is 11.2 Å². The molecular weight excluding hydrogens is 352 g/mol. The Morgan fingerprint density at radius 3 is 2.21 bits per heavy atom. The van der Waals surface area contributed by atoms with Gasteiger partial charge in [-0.25, -0.2) is 0 Å². The van der Waals surface area contributed by atoms with E-state index in [2.05, 4.69) is 41.5 Å². The molecule has 0 aliphatic heterocycles. The van der Waals surface area contributed by atoms with Crippen molar-refractivity contribution in [2.24, 2.45) is 58.2 Å². The van der Waals surface area contributed by atoms with E-state index >= 15 is 0 Å². The molecule has 4 fully saturated rings. The predicted octanol–water partition coefficient (Wildman–Crippen LogP) is 7.71. The molecule has 0 aromatic carbocycles. The third-order valence-electron chi connectivity index (χ3n) is 11.6. The fourth-order valence-electron chi connectivity index (χ4n) is 9.27. The van der Waals surface area contributed by atoms with Crippen molar-refractivity contribution in [2.75, 3.05) is 0 Å². The lowest BCUT2D eigenvalue weighted by molar-refractivity contribution is -0.129. The van der Waals surface area contributed by atoms with E-state index in [0.717, 1.165) is 60.2 Å². The topological polar surface area (TPSA) is 20.2 Å². The monoisotopic (exact) mass is 402 g/mol. The highest BCUT2D eigenvalue weighted by Crippen LogP contribution is 2.68. The Balaban J connectivity index is 1.46. The SMILES string of the molecule is CC(C)[C@H](C)CC[C@H](C)C1CCC2C3CC[C@H]4C[C@@H](O)CC[C@]4(C)C3CC[C@@]21C. The molecule has 0 bridgehead atoms. The maximum atomic E-state index is 10.3. The lowest BCUT2D eigenvalue weighted by Gasteiger charge is -2.61. The number of aliphatic hydroxyl groups is 1. The standard InChI is InChI=1S/C28H50O/c1-18(2)19(3)7-8-20(4)24-11-12-25-23-10-9-21-17-22(29)13-15-27(21,5)26(23)14-16-28(24,25)6/h18-26,29H,7-17H2,1-6H3/t19-,20+,21+,22+,23?,24?,25?,26?,27+,28-/m1/s1. The molecule has 0 spiro atoms. The second-order valence-corrected chi connectivity index (χ2v) is 13.1. The van der Waals surface area contributed by atoms with Gasteiger partial charge in [0.25, 0.3) is 0 Å². The van der Waals surface area contributed by atoms with Crippen molar-refractivity contribution < 1.29 is 5.11 Å². The van der Waals surface area contributed by atoms with Gasteiger partial charge in [0.05, 0.1) is 6.10 Å². The Morgan fingerprint density at radius 2 is 1.48 bits per heavy atom. The number of rotatable bonds is 5. The van der Waals surface area contributed by atoms with Gasteiger partial charge in [-0.15, -0.1) is 0 Å². The third kappa shape index (κ3) is 3.74. The van der Waals surface area contributed by atoms with Gasteiger partial charge in [-0.2, -0.15) is 0 Å². The zero-order valence-electron chi connectivity index (χ0n) is 20.4. The van der Waals surface area contributed by atoms with Crippen LogP contribution in [0.5, 0.6) is 0 Å². The van der Waals surface area contributed by atoms with Gasteiger partial charge in [0.15, 0.2) is 0 Å². The van der Waals surface area contributed by atoms with Crippen LogP contribution in [0.4, 0.5) is 0 Å². The van der Waals surface area contributed by atoms with E-state index < -0.39 is 0 Å². The number of aliphatic hydroxyl groups excluding tert-OH is 1. The molecule has 4 aliphatic carbocycles. The number of hydrogen-bond donors (Lipinski definition) is 1. The quantitative estimate of drug-likeness (QED) is 0.499. The maximum absolute atomic E-state index is 10.3. The number of hydrogen-bond acceptors (Lipinski definition) is 1. The van der Waals surface area contributed by atoms with Crippen LogP contribution in [0.25, 0.3) is 0 Å². The lowest BCUT2D eigenvalue weighted by atomic mass is 9.44. The van der Waals surface area contributed by atoms with Crippen molar-refractivity contribution in [1.82, 2.24) is 0 Å². The molecule has 10 atom stereocenters. The first-order valence-electron chi connectivity index (χ1n) is 13.3. The Morgan fingerprint density at radius 1 is 0.793 bits per heavy atom. The highest BCUT2D eigenvalue weighted by Gasteiger charge is 2.60. The van der Waals surface area contributed by atoms with E-state index in [4.69, 9.17) is 0 Å². The first kappa shape index (κ1) is 22.2. The molecule has 0 radical (unpaired) electrons. The fourth-order valence-corrected chi connectivity index (χ4v) is 9.27. The highest BCUT2D eigenvalue weighted by atomic mass is 16.3. The van der Waals surface area contributed by atoms with E-state index in [1.807, 2.05) is 0 Å². The molecule has 4 unspecified atom stereocenters. The van der Waals surface area contributed by atoms with Crippen LogP contribution in [0.2, 0.25) is 0 Å². The molecular formula is C28H50O. The zero-order chi connectivity index (χ0) is 21.0. The van der Waals surface area contributed by atoms with Crippen molar-refractivity contribution in [3.63, 3.8) is 0 Å². The predicted molar refractivity (Wildman–Crippen MR) is 124 cm³/mol. The summed E-state index contributed by atoms with van der Waals surface area (Å²) in [7, 11) is 0. The smallest absolute Gasteiger partial charge is 0.0543 e. The molecule has 1 heteroatoms. The maximum Gasteiger partial charge on any atom is 0.0543 e. The van der Waals surface area contributed by atoms with Crippen LogP contribution in [0, 0.1) is 58.2 Å². The summed E-state index contributed by atoms with van der Waals surface area (Å²) in [6, 6.07) is 0. The van der Waals surface area contributed by atoms with Gasteiger partial charge in [-0.05, 0) is 116 Å². The summed E-state index contributed by atoms with van der Waals surface area (Å²) in [6.45, 7) is 15.2. The summed E-state index contributed by atoms with van der Waals surface area (Å²) in [5.74, 6) is 7.28. The van der Waals surface area contributed by atoms with Gasteiger partial charge in [-0.1, -0.05) is 54.4 Å². The summed E-state index contributed by atoms with van der Waals surface area (Å²) >= 11 is 0. The van der Waals surface area contributed by atoms with E-state index in [0.29, 0.717) is 10.8 Å². The first-order valence-corrected chi connectivity index (χ1v) is 13.3. The second-order valence-electron chi connectivity index (χ2n) is 13.1. The molecule has 0 saturated heterocycles. The average Bonchev–Trinajstić information content (AvgIpc) is 3.03. The first-order chi connectivity index (χ1) is 13.7. The summed E-state index contributed by atoms with van der Waals surface area (Å²) < 4.78 is 0. The molecule has 0 amide bonds. The molecule has 4 aliphatic rings. The van der Waals surface area contributed by atoms with Crippen LogP contribution in [0.15, 0.2) is 0 Å². The van der Waals surface area contributed by atoms with Gasteiger partial charge in [0, 0.05) is 0 Å². The molecule has 0 heterocycles. The van der Waals surface area contributed by atoms with Gasteiger partial charge in [0.2, 0.25) is 0 Å². The second kappa shape index (κ2) is 8.14. The van der Waals surface area contributed by atoms with Crippen molar-refractivity contribution in [2.45, 2.75) is 118 Å². The molecule has 0 aromatic heterocycles. The van der Waals surface area contributed by atoms with Crippen molar-refractivity contribution in [3.05, 3.63) is 0 Å². The highest BCUT2D eigenvalue weighted by molar-refractivity contribution is 5.09. The molecule has 0 aromatic rings. The van der Waals surface area contributed by atoms with Crippen LogP contribution >= 0.6 is 0 Å². The van der Waals surface area contributed by atoms with Crippen molar-refractivity contribution in [1.29, 1.82) is 0 Å². The van der Waals surface area contributed by atoms with Crippen molar-refractivity contribution >= 4 is 0 Å². The number of fused-ring (bicyclic) bond motifs is 5. The molecule has 4 saturated carbocycles.